The zero-order valence-electron chi connectivity index (χ0n) is 13.9. The second kappa shape index (κ2) is 6.67. The Bertz CT molecular complexity index is 529. The van der Waals surface area contributed by atoms with Crippen LogP contribution in [-0.2, 0) is 0 Å². The molecule has 1 amide bonds. The van der Waals surface area contributed by atoms with E-state index in [-0.39, 0.29) is 5.91 Å². The number of carbonyl (C=O) groups excluding carboxylic acids is 1. The number of β-amino-alcohol motifs (C(OH)–C–C–N with tert-alkyl or cyclic N) is 1. The fourth-order valence-corrected chi connectivity index (χ4v) is 2.79. The van der Waals surface area contributed by atoms with Crippen molar-refractivity contribution in [3.05, 3.63) is 29.3 Å². The van der Waals surface area contributed by atoms with Crippen LogP contribution in [0, 0.1) is 6.92 Å². The highest BCUT2D eigenvalue weighted by molar-refractivity contribution is 5.94. The summed E-state index contributed by atoms with van der Waals surface area (Å²) < 4.78 is 5.29. The van der Waals surface area contributed by atoms with Crippen LogP contribution < -0.4 is 4.74 Å². The summed E-state index contributed by atoms with van der Waals surface area (Å²) in [5, 5.41) is 9.87. The minimum Gasteiger partial charge on any atom is -0.496 e. The Hall–Kier alpha value is -1.59. The van der Waals surface area contributed by atoms with Gasteiger partial charge < -0.3 is 14.7 Å². The fourth-order valence-electron chi connectivity index (χ4n) is 2.79. The fraction of sp³-hybridized carbons (Fsp3) is 0.588. The van der Waals surface area contributed by atoms with E-state index in [9.17, 15) is 9.90 Å². The van der Waals surface area contributed by atoms with Gasteiger partial charge in [0.2, 0.25) is 0 Å². The van der Waals surface area contributed by atoms with Crippen molar-refractivity contribution < 1.29 is 14.6 Å². The summed E-state index contributed by atoms with van der Waals surface area (Å²) in [5.41, 5.74) is 0.990. The van der Waals surface area contributed by atoms with Gasteiger partial charge in [-0.25, -0.2) is 0 Å². The Balaban J connectivity index is 1.98. The van der Waals surface area contributed by atoms with Crippen LogP contribution in [0.25, 0.3) is 0 Å². The predicted molar refractivity (Wildman–Crippen MR) is 86.4 cm³/mol. The molecule has 0 radical (unpaired) electrons. The number of methoxy groups -OCH3 is 1. The van der Waals surface area contributed by atoms with E-state index in [1.165, 1.54) is 0 Å². The molecule has 0 aliphatic carbocycles. The number of amides is 1. The molecule has 0 aromatic heterocycles. The third-order valence-electron chi connectivity index (χ3n) is 3.93. The summed E-state index contributed by atoms with van der Waals surface area (Å²) >= 11 is 0. The lowest BCUT2D eigenvalue weighted by Gasteiger charge is -2.37. The summed E-state index contributed by atoms with van der Waals surface area (Å²) in [6.07, 6.45) is 0. The smallest absolute Gasteiger partial charge is 0.254 e. The highest BCUT2D eigenvalue weighted by Crippen LogP contribution is 2.20. The van der Waals surface area contributed by atoms with Gasteiger partial charge in [0.05, 0.1) is 12.7 Å². The molecule has 1 aromatic carbocycles. The SMILES string of the molecule is COc1cc(C(=O)N2CCN(CC(C)(C)O)CC2)ccc1C. The summed E-state index contributed by atoms with van der Waals surface area (Å²) in [5.74, 6) is 0.785. The van der Waals surface area contributed by atoms with Crippen LogP contribution in [0.5, 0.6) is 5.75 Å². The van der Waals surface area contributed by atoms with Gasteiger partial charge in [-0.1, -0.05) is 6.07 Å². The van der Waals surface area contributed by atoms with Gasteiger partial charge in [0.25, 0.3) is 5.91 Å². The first-order valence-corrected chi connectivity index (χ1v) is 7.69. The standard InChI is InChI=1S/C17H26N2O3/c1-13-5-6-14(11-15(13)22-4)16(20)19-9-7-18(8-10-19)12-17(2,3)21/h5-6,11,21H,7-10,12H2,1-4H3. The van der Waals surface area contributed by atoms with E-state index < -0.39 is 5.60 Å². The third kappa shape index (κ3) is 4.21. The first-order valence-electron chi connectivity index (χ1n) is 7.69. The van der Waals surface area contributed by atoms with Crippen molar-refractivity contribution in [2.75, 3.05) is 39.8 Å². The summed E-state index contributed by atoms with van der Waals surface area (Å²) in [7, 11) is 1.62. The molecule has 1 aliphatic heterocycles. The van der Waals surface area contributed by atoms with Crippen LogP contribution in [0.3, 0.4) is 0 Å². The normalized spacial score (nSPS) is 16.7. The van der Waals surface area contributed by atoms with Crippen LogP contribution in [0.4, 0.5) is 0 Å². The van der Waals surface area contributed by atoms with Crippen molar-refractivity contribution in [2.24, 2.45) is 0 Å². The van der Waals surface area contributed by atoms with Gasteiger partial charge in [0.15, 0.2) is 0 Å². The number of ether oxygens (including phenoxy) is 1. The van der Waals surface area contributed by atoms with Crippen LogP contribution in [-0.4, -0.2) is 66.2 Å². The molecule has 0 atom stereocenters. The maximum atomic E-state index is 12.6. The second-order valence-corrected chi connectivity index (χ2v) is 6.57. The molecule has 1 fully saturated rings. The number of benzene rings is 1. The van der Waals surface area contributed by atoms with Crippen molar-refractivity contribution in [3.8, 4) is 5.75 Å². The van der Waals surface area contributed by atoms with Gasteiger partial charge in [0.1, 0.15) is 5.75 Å². The molecule has 1 heterocycles. The van der Waals surface area contributed by atoms with Crippen LogP contribution >= 0.6 is 0 Å². The number of aryl methyl sites for hydroxylation is 1. The van der Waals surface area contributed by atoms with Crippen molar-refractivity contribution in [1.29, 1.82) is 0 Å². The van der Waals surface area contributed by atoms with Gasteiger partial charge in [-0.2, -0.15) is 0 Å². The summed E-state index contributed by atoms with van der Waals surface area (Å²) in [6.45, 7) is 9.16. The molecule has 0 saturated carbocycles. The lowest BCUT2D eigenvalue weighted by atomic mass is 10.1. The molecule has 2 rings (SSSR count). The van der Waals surface area contributed by atoms with Crippen LogP contribution in [0.15, 0.2) is 18.2 Å². The van der Waals surface area contributed by atoms with Gasteiger partial charge in [-0.3, -0.25) is 9.69 Å². The minimum atomic E-state index is -0.698. The predicted octanol–water partition coefficient (Wildman–Crippen LogP) is 1.53. The molecule has 122 valence electrons. The quantitative estimate of drug-likeness (QED) is 0.916. The van der Waals surface area contributed by atoms with E-state index in [2.05, 4.69) is 4.90 Å². The average Bonchev–Trinajstić information content (AvgIpc) is 2.46. The second-order valence-electron chi connectivity index (χ2n) is 6.57. The molecular weight excluding hydrogens is 280 g/mol. The third-order valence-corrected chi connectivity index (χ3v) is 3.93. The first-order chi connectivity index (χ1) is 10.3. The molecule has 5 nitrogen and oxygen atoms in total. The van der Waals surface area contributed by atoms with Gasteiger partial charge >= 0.3 is 0 Å². The number of hydrogen-bond donors (Lipinski definition) is 1. The molecule has 22 heavy (non-hydrogen) atoms. The van der Waals surface area contributed by atoms with Gasteiger partial charge in [0, 0.05) is 38.3 Å². The van der Waals surface area contributed by atoms with Crippen molar-refractivity contribution in [1.82, 2.24) is 9.80 Å². The number of piperazine rings is 1. The Morgan fingerprint density at radius 1 is 1.27 bits per heavy atom. The van der Waals surface area contributed by atoms with E-state index in [0.29, 0.717) is 25.2 Å². The average molecular weight is 306 g/mol. The number of rotatable bonds is 4. The summed E-state index contributed by atoms with van der Waals surface area (Å²) in [4.78, 5) is 16.6. The molecule has 1 saturated heterocycles. The maximum absolute atomic E-state index is 12.6. The van der Waals surface area contributed by atoms with Crippen LogP contribution in [0.2, 0.25) is 0 Å². The number of carbonyl (C=O) groups is 1. The highest BCUT2D eigenvalue weighted by atomic mass is 16.5. The van der Waals surface area contributed by atoms with E-state index in [4.69, 9.17) is 4.74 Å². The van der Waals surface area contributed by atoms with Crippen molar-refractivity contribution in [2.45, 2.75) is 26.4 Å². The lowest BCUT2D eigenvalue weighted by Crippen LogP contribution is -2.52. The first kappa shape index (κ1) is 16.8. The zero-order chi connectivity index (χ0) is 16.3. The van der Waals surface area contributed by atoms with E-state index in [1.807, 2.05) is 37.8 Å². The number of nitrogens with zero attached hydrogens (tertiary/aromatic N) is 2. The van der Waals surface area contributed by atoms with E-state index >= 15 is 0 Å². The molecule has 1 aliphatic rings. The molecule has 1 aromatic rings. The molecule has 0 unspecified atom stereocenters. The largest absolute Gasteiger partial charge is 0.496 e. The van der Waals surface area contributed by atoms with E-state index in [1.54, 1.807) is 13.2 Å². The van der Waals surface area contributed by atoms with Crippen molar-refractivity contribution >= 4 is 5.91 Å². The lowest BCUT2D eigenvalue weighted by molar-refractivity contribution is 0.0178. The molecule has 5 heteroatoms. The Labute approximate surface area is 132 Å². The Kier molecular flexibility index (Phi) is 5.08. The van der Waals surface area contributed by atoms with E-state index in [0.717, 1.165) is 24.4 Å². The zero-order valence-corrected chi connectivity index (χ0v) is 13.9. The molecular formula is C17H26N2O3. The molecule has 0 spiro atoms. The highest BCUT2D eigenvalue weighted by Gasteiger charge is 2.25. The maximum Gasteiger partial charge on any atom is 0.254 e. The number of aliphatic hydroxyl groups is 1. The minimum absolute atomic E-state index is 0.0428. The Morgan fingerprint density at radius 3 is 2.45 bits per heavy atom. The van der Waals surface area contributed by atoms with Gasteiger partial charge in [-0.15, -0.1) is 0 Å². The van der Waals surface area contributed by atoms with Crippen LogP contribution in [0.1, 0.15) is 29.8 Å². The number of hydrogen-bond acceptors (Lipinski definition) is 4. The Morgan fingerprint density at radius 2 is 1.91 bits per heavy atom. The summed E-state index contributed by atoms with van der Waals surface area (Å²) in [6, 6.07) is 5.57. The molecule has 0 bridgehead atoms. The molecule has 1 N–H and O–H groups in total. The van der Waals surface area contributed by atoms with Gasteiger partial charge in [-0.05, 0) is 38.5 Å². The monoisotopic (exact) mass is 306 g/mol. The van der Waals surface area contributed by atoms with Crippen molar-refractivity contribution in [3.63, 3.8) is 0 Å². The topological polar surface area (TPSA) is 53.0 Å².